The van der Waals surface area contributed by atoms with E-state index in [-0.39, 0.29) is 24.4 Å². The van der Waals surface area contributed by atoms with Crippen LogP contribution in [0, 0.1) is 0 Å². The minimum atomic E-state index is -4.40. The molecule has 3 aromatic rings. The smallest absolute Gasteiger partial charge is 0.325 e. The van der Waals surface area contributed by atoms with Crippen molar-refractivity contribution in [2.45, 2.75) is 42.2 Å². The Labute approximate surface area is 226 Å². The summed E-state index contributed by atoms with van der Waals surface area (Å²) in [5.41, 5.74) is -1.72. The van der Waals surface area contributed by atoms with Gasteiger partial charge >= 0.3 is 5.97 Å². The van der Waals surface area contributed by atoms with Crippen LogP contribution < -0.4 is 5.32 Å². The topological polar surface area (TPSA) is 124 Å². The number of sulfonamides is 1. The van der Waals surface area contributed by atoms with Crippen LogP contribution in [0.25, 0.3) is 11.1 Å². The fraction of sp³-hybridized carbons (Fsp3) is 0.286. The molecule has 1 aliphatic rings. The van der Waals surface area contributed by atoms with Gasteiger partial charge in [0, 0.05) is 29.6 Å². The molecule has 1 fully saturated rings. The van der Waals surface area contributed by atoms with Crippen LogP contribution in [0.1, 0.15) is 31.7 Å². The van der Waals surface area contributed by atoms with Gasteiger partial charge in [0.2, 0.25) is 10.0 Å². The Hall–Kier alpha value is -3.24. The van der Waals surface area contributed by atoms with Crippen LogP contribution in [0.15, 0.2) is 83.8 Å². The third kappa shape index (κ3) is 5.33. The first-order valence-electron chi connectivity index (χ1n) is 12.1. The molecule has 0 spiro atoms. The van der Waals surface area contributed by atoms with Crippen LogP contribution in [-0.4, -0.2) is 59.0 Å². The van der Waals surface area contributed by atoms with E-state index in [1.165, 1.54) is 19.9 Å². The van der Waals surface area contributed by atoms with Crippen LogP contribution in [-0.2, 0) is 19.6 Å². The van der Waals surface area contributed by atoms with Crippen molar-refractivity contribution < 1.29 is 28.2 Å². The minimum Gasteiger partial charge on any atom is -0.480 e. The summed E-state index contributed by atoms with van der Waals surface area (Å²) in [6.07, 6.45) is 0.0775. The molecule has 4 rings (SSSR count). The molecule has 3 aromatic carbocycles. The van der Waals surface area contributed by atoms with Gasteiger partial charge in [-0.1, -0.05) is 72.3 Å². The Morgan fingerprint density at radius 3 is 2.24 bits per heavy atom. The Morgan fingerprint density at radius 2 is 1.63 bits per heavy atom. The van der Waals surface area contributed by atoms with Crippen molar-refractivity contribution in [3.63, 3.8) is 0 Å². The minimum absolute atomic E-state index is 0.0597. The summed E-state index contributed by atoms with van der Waals surface area (Å²) in [6.45, 7) is 2.12. The maximum absolute atomic E-state index is 14.3. The molecule has 1 saturated carbocycles. The van der Waals surface area contributed by atoms with Crippen molar-refractivity contribution in [2.24, 2.45) is 0 Å². The molecule has 3 N–H and O–H groups in total. The third-order valence-corrected chi connectivity index (χ3v) is 8.97. The lowest BCUT2D eigenvalue weighted by Gasteiger charge is -2.31. The number of nitrogens with one attached hydrogen (secondary N) is 1. The number of aliphatic carboxylic acids is 1. The molecule has 1 amide bonds. The number of amides is 1. The molecule has 0 aromatic heterocycles. The number of carbonyl (C=O) groups excluding carboxylic acids is 1. The van der Waals surface area contributed by atoms with Crippen LogP contribution in [0.3, 0.4) is 0 Å². The predicted octanol–water partition coefficient (Wildman–Crippen LogP) is 3.90. The van der Waals surface area contributed by atoms with E-state index < -0.39 is 39.0 Å². The van der Waals surface area contributed by atoms with Crippen LogP contribution >= 0.6 is 11.6 Å². The first-order valence-corrected chi connectivity index (χ1v) is 13.9. The van der Waals surface area contributed by atoms with Crippen molar-refractivity contribution >= 4 is 33.5 Å². The van der Waals surface area contributed by atoms with Gasteiger partial charge in [-0.3, -0.25) is 9.59 Å². The Kier molecular flexibility index (Phi) is 7.67. The van der Waals surface area contributed by atoms with Crippen LogP contribution in [0.2, 0.25) is 5.02 Å². The highest BCUT2D eigenvalue weighted by atomic mass is 35.5. The zero-order chi connectivity index (χ0) is 27.7. The predicted molar refractivity (Wildman–Crippen MR) is 144 cm³/mol. The number of carbonyl (C=O) groups is 2. The highest BCUT2D eigenvalue weighted by Crippen LogP contribution is 2.57. The summed E-state index contributed by atoms with van der Waals surface area (Å²) in [7, 11) is -4.40. The number of benzene rings is 3. The van der Waals surface area contributed by atoms with Crippen molar-refractivity contribution in [3.8, 4) is 11.1 Å². The van der Waals surface area contributed by atoms with Gasteiger partial charge in [0.15, 0.2) is 0 Å². The second kappa shape index (κ2) is 10.5. The molecular weight excluding hydrogens is 528 g/mol. The summed E-state index contributed by atoms with van der Waals surface area (Å²) in [4.78, 5) is 25.0. The fourth-order valence-electron chi connectivity index (χ4n) is 4.65. The average Bonchev–Trinajstić information content (AvgIpc) is 3.63. The van der Waals surface area contributed by atoms with E-state index in [4.69, 9.17) is 11.6 Å². The van der Waals surface area contributed by atoms with Gasteiger partial charge in [0.05, 0.1) is 4.90 Å². The Balaban J connectivity index is 1.79. The van der Waals surface area contributed by atoms with Gasteiger partial charge in [-0.25, -0.2) is 8.42 Å². The fourth-order valence-corrected chi connectivity index (χ4v) is 6.77. The van der Waals surface area contributed by atoms with Crippen molar-refractivity contribution in [1.82, 2.24) is 9.62 Å². The number of rotatable bonds is 10. The first-order chi connectivity index (χ1) is 17.9. The number of hydrogen-bond donors (Lipinski definition) is 3. The molecule has 0 heterocycles. The number of carboxylic acid groups (broad SMARTS) is 1. The maximum atomic E-state index is 14.3. The van der Waals surface area contributed by atoms with E-state index in [9.17, 15) is 28.2 Å². The summed E-state index contributed by atoms with van der Waals surface area (Å²) in [5, 5.41) is 23.4. The lowest BCUT2D eigenvalue weighted by atomic mass is 10.1. The van der Waals surface area contributed by atoms with E-state index in [0.717, 1.165) is 4.31 Å². The van der Waals surface area contributed by atoms with Crippen LogP contribution in [0.5, 0.6) is 0 Å². The first kappa shape index (κ1) is 27.8. The molecular formula is C28H29ClN2O6S. The Morgan fingerprint density at radius 1 is 1.03 bits per heavy atom. The molecule has 1 aliphatic carbocycles. The maximum Gasteiger partial charge on any atom is 0.325 e. The van der Waals surface area contributed by atoms with Crippen LogP contribution in [0.4, 0.5) is 0 Å². The lowest BCUT2D eigenvalue weighted by Crippen LogP contribution is -2.52. The SMILES string of the molecule is CC(C)(O)C(=O)NCCN(C1(C(=O)O)CC1c1ccccc1)S(=O)(=O)c1ccccc1-c1ccc(Cl)cc1. The summed E-state index contributed by atoms with van der Waals surface area (Å²) >= 11 is 6.03. The molecule has 2 unspecified atom stereocenters. The molecule has 200 valence electrons. The molecule has 10 heteroatoms. The molecule has 0 aliphatic heterocycles. The van der Waals surface area contributed by atoms with Gasteiger partial charge in [0.1, 0.15) is 11.1 Å². The van der Waals surface area contributed by atoms with Gasteiger partial charge in [0.25, 0.3) is 5.91 Å². The number of hydrogen-bond acceptors (Lipinski definition) is 5. The quantitative estimate of drug-likeness (QED) is 0.348. The van der Waals surface area contributed by atoms with E-state index in [2.05, 4.69) is 5.32 Å². The summed E-state index contributed by atoms with van der Waals surface area (Å²) in [5.74, 6) is -2.55. The largest absolute Gasteiger partial charge is 0.480 e. The van der Waals surface area contributed by atoms with Gasteiger partial charge in [-0.05, 0) is 49.6 Å². The van der Waals surface area contributed by atoms with Gasteiger partial charge < -0.3 is 15.5 Å². The highest BCUT2D eigenvalue weighted by molar-refractivity contribution is 7.89. The van der Waals surface area contributed by atoms with Crippen molar-refractivity contribution in [3.05, 3.63) is 89.4 Å². The van der Waals surface area contributed by atoms with E-state index in [0.29, 0.717) is 21.7 Å². The van der Waals surface area contributed by atoms with E-state index >= 15 is 0 Å². The van der Waals surface area contributed by atoms with Gasteiger partial charge in [-0.2, -0.15) is 4.31 Å². The second-order valence-corrected chi connectivity index (χ2v) is 12.1. The molecule has 0 radical (unpaired) electrons. The molecule has 2 atom stereocenters. The number of aliphatic hydroxyl groups is 1. The third-order valence-electron chi connectivity index (χ3n) is 6.72. The Bertz CT molecular complexity index is 1440. The standard InChI is InChI=1S/C28H29ClN2O6S/c1-27(2,35)25(32)30-16-17-31(28(26(33)34)18-23(28)20-8-4-3-5-9-20)38(36,37)24-11-7-6-10-22(24)19-12-14-21(29)15-13-19/h3-15,23,35H,16-18H2,1-2H3,(H,30,32)(H,33,34). The number of carboxylic acids is 1. The van der Waals surface area contributed by atoms with Crippen molar-refractivity contribution in [1.29, 1.82) is 0 Å². The summed E-state index contributed by atoms with van der Waals surface area (Å²) < 4.78 is 29.6. The molecule has 0 saturated heterocycles. The highest BCUT2D eigenvalue weighted by Gasteiger charge is 2.68. The average molecular weight is 557 g/mol. The second-order valence-electron chi connectivity index (χ2n) is 9.79. The normalized spacial score (nSPS) is 19.2. The van der Waals surface area contributed by atoms with E-state index in [1.54, 1.807) is 72.8 Å². The summed E-state index contributed by atoms with van der Waals surface area (Å²) in [6, 6.07) is 22.0. The molecule has 38 heavy (non-hydrogen) atoms. The zero-order valence-electron chi connectivity index (χ0n) is 21.0. The molecule has 0 bridgehead atoms. The van der Waals surface area contributed by atoms with E-state index in [1.807, 2.05) is 0 Å². The zero-order valence-corrected chi connectivity index (χ0v) is 22.5. The number of nitrogens with zero attached hydrogens (tertiary/aromatic N) is 1. The van der Waals surface area contributed by atoms with Crippen molar-refractivity contribution in [2.75, 3.05) is 13.1 Å². The number of halogens is 1. The lowest BCUT2D eigenvalue weighted by molar-refractivity contribution is -0.143. The molecule has 8 nitrogen and oxygen atoms in total. The monoisotopic (exact) mass is 556 g/mol. The van der Waals surface area contributed by atoms with Gasteiger partial charge in [-0.15, -0.1) is 0 Å².